The molecule has 1 saturated heterocycles. The van der Waals surface area contributed by atoms with E-state index in [1.807, 2.05) is 13.0 Å². The van der Waals surface area contributed by atoms with Crippen LogP contribution in [0, 0.1) is 0 Å². The van der Waals surface area contributed by atoms with Crippen LogP contribution >= 0.6 is 0 Å². The van der Waals surface area contributed by atoms with E-state index < -0.39 is 5.97 Å². The molecule has 86 valence electrons. The van der Waals surface area contributed by atoms with Crippen molar-refractivity contribution in [1.29, 1.82) is 0 Å². The van der Waals surface area contributed by atoms with E-state index in [0.717, 1.165) is 32.7 Å². The molecule has 0 unspecified atom stereocenters. The third-order valence-electron chi connectivity index (χ3n) is 2.91. The molecule has 1 fully saturated rings. The van der Waals surface area contributed by atoms with Crippen LogP contribution in [0.5, 0.6) is 0 Å². The van der Waals surface area contributed by atoms with E-state index in [4.69, 9.17) is 5.11 Å². The molecule has 4 nitrogen and oxygen atoms in total. The first-order valence-corrected chi connectivity index (χ1v) is 5.49. The van der Waals surface area contributed by atoms with Crippen LogP contribution in [-0.2, 0) is 4.79 Å². The fourth-order valence-electron chi connectivity index (χ4n) is 2.03. The molecule has 15 heavy (non-hydrogen) atoms. The van der Waals surface area contributed by atoms with Gasteiger partial charge in [-0.1, -0.05) is 13.0 Å². The molecule has 0 aliphatic carbocycles. The van der Waals surface area contributed by atoms with Gasteiger partial charge in [-0.05, 0) is 6.42 Å². The van der Waals surface area contributed by atoms with Gasteiger partial charge in [0.25, 0.3) is 0 Å². The molecular formula is C11H20N2O2. The number of hydrogen-bond acceptors (Lipinski definition) is 3. The summed E-state index contributed by atoms with van der Waals surface area (Å²) in [5.74, 6) is -0.699. The minimum Gasteiger partial charge on any atom is -0.480 e. The standard InChI is InChI=1S/C11H20N2O2/c1-3-5-12-6-8-13(9-7-12)10(4-2)11(14)15/h3,10H,1,4-9H2,2H3,(H,14,15)/t10-/m0/s1. The van der Waals surface area contributed by atoms with E-state index in [1.165, 1.54) is 0 Å². The topological polar surface area (TPSA) is 43.8 Å². The highest BCUT2D eigenvalue weighted by Crippen LogP contribution is 2.09. The first kappa shape index (κ1) is 12.2. The first-order valence-electron chi connectivity index (χ1n) is 5.49. The number of carboxylic acid groups (broad SMARTS) is 1. The Morgan fingerprint density at radius 3 is 2.47 bits per heavy atom. The van der Waals surface area contributed by atoms with Crippen molar-refractivity contribution in [2.75, 3.05) is 32.7 Å². The van der Waals surface area contributed by atoms with E-state index in [-0.39, 0.29) is 6.04 Å². The molecule has 0 spiro atoms. The minimum absolute atomic E-state index is 0.309. The van der Waals surface area contributed by atoms with Crippen LogP contribution in [0.2, 0.25) is 0 Å². The summed E-state index contributed by atoms with van der Waals surface area (Å²) in [4.78, 5) is 15.3. The van der Waals surface area contributed by atoms with Crippen molar-refractivity contribution < 1.29 is 9.90 Å². The highest BCUT2D eigenvalue weighted by Gasteiger charge is 2.26. The van der Waals surface area contributed by atoms with Gasteiger partial charge in [0.05, 0.1) is 0 Å². The van der Waals surface area contributed by atoms with Crippen molar-refractivity contribution in [1.82, 2.24) is 9.80 Å². The number of piperazine rings is 1. The van der Waals surface area contributed by atoms with Crippen molar-refractivity contribution >= 4 is 5.97 Å². The number of carboxylic acids is 1. The maximum atomic E-state index is 11.0. The van der Waals surface area contributed by atoms with E-state index in [0.29, 0.717) is 6.42 Å². The van der Waals surface area contributed by atoms with Gasteiger partial charge >= 0.3 is 5.97 Å². The van der Waals surface area contributed by atoms with Crippen molar-refractivity contribution in [3.8, 4) is 0 Å². The van der Waals surface area contributed by atoms with Gasteiger partial charge in [-0.2, -0.15) is 0 Å². The monoisotopic (exact) mass is 212 g/mol. The molecule has 0 aromatic carbocycles. The number of nitrogens with zero attached hydrogens (tertiary/aromatic N) is 2. The first-order chi connectivity index (χ1) is 7.19. The van der Waals surface area contributed by atoms with E-state index >= 15 is 0 Å². The Labute approximate surface area is 91.2 Å². The van der Waals surface area contributed by atoms with E-state index in [1.54, 1.807) is 0 Å². The second kappa shape index (κ2) is 5.88. The molecule has 1 rings (SSSR count). The number of rotatable bonds is 5. The highest BCUT2D eigenvalue weighted by atomic mass is 16.4. The van der Waals surface area contributed by atoms with Crippen molar-refractivity contribution in [3.63, 3.8) is 0 Å². The summed E-state index contributed by atoms with van der Waals surface area (Å²) in [6.45, 7) is 10.1. The maximum Gasteiger partial charge on any atom is 0.320 e. The third kappa shape index (κ3) is 3.32. The minimum atomic E-state index is -0.699. The molecule has 1 aliphatic rings. The Balaban J connectivity index is 2.41. The van der Waals surface area contributed by atoms with E-state index in [2.05, 4.69) is 16.4 Å². The van der Waals surface area contributed by atoms with Gasteiger partial charge in [0.1, 0.15) is 6.04 Å². The van der Waals surface area contributed by atoms with E-state index in [9.17, 15) is 4.79 Å². The highest BCUT2D eigenvalue weighted by molar-refractivity contribution is 5.73. The predicted molar refractivity (Wildman–Crippen MR) is 59.9 cm³/mol. The van der Waals surface area contributed by atoms with Gasteiger partial charge < -0.3 is 5.11 Å². The lowest BCUT2D eigenvalue weighted by atomic mass is 10.1. The molecule has 0 aromatic rings. The molecule has 0 amide bonds. The molecule has 1 aliphatic heterocycles. The summed E-state index contributed by atoms with van der Waals surface area (Å²) >= 11 is 0. The second-order valence-corrected chi connectivity index (χ2v) is 3.89. The molecule has 4 heteroatoms. The van der Waals surface area contributed by atoms with Gasteiger partial charge in [-0.3, -0.25) is 14.6 Å². The fraction of sp³-hybridized carbons (Fsp3) is 0.727. The van der Waals surface area contributed by atoms with Crippen LogP contribution in [0.3, 0.4) is 0 Å². The maximum absolute atomic E-state index is 11.0. The smallest absolute Gasteiger partial charge is 0.320 e. The van der Waals surface area contributed by atoms with Crippen LogP contribution in [0.4, 0.5) is 0 Å². The van der Waals surface area contributed by atoms with Crippen molar-refractivity contribution in [3.05, 3.63) is 12.7 Å². The average molecular weight is 212 g/mol. The molecule has 1 atom stereocenters. The zero-order valence-corrected chi connectivity index (χ0v) is 9.35. The molecule has 0 radical (unpaired) electrons. The van der Waals surface area contributed by atoms with Gasteiger partial charge in [-0.15, -0.1) is 6.58 Å². The lowest BCUT2D eigenvalue weighted by Crippen LogP contribution is -2.52. The van der Waals surface area contributed by atoms with Crippen molar-refractivity contribution in [2.24, 2.45) is 0 Å². The summed E-state index contributed by atoms with van der Waals surface area (Å²) in [6.07, 6.45) is 2.57. The predicted octanol–water partition coefficient (Wildman–Crippen LogP) is 0.653. The van der Waals surface area contributed by atoms with Crippen molar-refractivity contribution in [2.45, 2.75) is 19.4 Å². The summed E-state index contributed by atoms with van der Waals surface area (Å²) < 4.78 is 0. The summed E-state index contributed by atoms with van der Waals surface area (Å²) in [6, 6.07) is -0.309. The Hall–Kier alpha value is -0.870. The van der Waals surface area contributed by atoms with Gasteiger partial charge in [0.2, 0.25) is 0 Å². The molecule has 0 bridgehead atoms. The zero-order chi connectivity index (χ0) is 11.3. The van der Waals surface area contributed by atoms with Crippen LogP contribution in [0.25, 0.3) is 0 Å². The van der Waals surface area contributed by atoms with Crippen LogP contribution in [0.15, 0.2) is 12.7 Å². The third-order valence-corrected chi connectivity index (χ3v) is 2.91. The SMILES string of the molecule is C=CCN1CCN([C@@H](CC)C(=O)O)CC1. The normalized spacial score (nSPS) is 21.1. The Bertz CT molecular complexity index is 223. The quantitative estimate of drug-likeness (QED) is 0.680. The fourth-order valence-corrected chi connectivity index (χ4v) is 2.03. The Morgan fingerprint density at radius 2 is 2.07 bits per heavy atom. The molecule has 0 aromatic heterocycles. The number of aliphatic carboxylic acids is 1. The Morgan fingerprint density at radius 1 is 1.47 bits per heavy atom. The zero-order valence-electron chi connectivity index (χ0n) is 9.35. The molecular weight excluding hydrogens is 192 g/mol. The number of carbonyl (C=O) groups is 1. The molecule has 1 N–H and O–H groups in total. The van der Waals surface area contributed by atoms with Crippen LogP contribution in [-0.4, -0.2) is 59.6 Å². The van der Waals surface area contributed by atoms with Gasteiger partial charge in [-0.25, -0.2) is 0 Å². The summed E-state index contributed by atoms with van der Waals surface area (Å²) in [5, 5.41) is 9.02. The lowest BCUT2D eigenvalue weighted by Gasteiger charge is -2.36. The lowest BCUT2D eigenvalue weighted by molar-refractivity contribution is -0.144. The number of hydrogen-bond donors (Lipinski definition) is 1. The Kier molecular flexibility index (Phi) is 4.78. The summed E-state index contributed by atoms with van der Waals surface area (Å²) in [7, 11) is 0. The van der Waals surface area contributed by atoms with Gasteiger partial charge in [0.15, 0.2) is 0 Å². The van der Waals surface area contributed by atoms with Crippen LogP contribution in [0.1, 0.15) is 13.3 Å². The largest absolute Gasteiger partial charge is 0.480 e. The second-order valence-electron chi connectivity index (χ2n) is 3.89. The van der Waals surface area contributed by atoms with Crippen LogP contribution < -0.4 is 0 Å². The molecule has 1 heterocycles. The average Bonchev–Trinajstić information content (AvgIpc) is 2.21. The molecule has 0 saturated carbocycles. The van der Waals surface area contributed by atoms with Gasteiger partial charge in [0, 0.05) is 32.7 Å². The summed E-state index contributed by atoms with van der Waals surface area (Å²) in [5.41, 5.74) is 0.